The van der Waals surface area contributed by atoms with Crippen molar-refractivity contribution in [3.8, 4) is 0 Å². The van der Waals surface area contributed by atoms with Crippen molar-refractivity contribution in [1.29, 1.82) is 0 Å². The molecule has 0 aliphatic carbocycles. The fourth-order valence-corrected chi connectivity index (χ4v) is 1.43. The van der Waals surface area contributed by atoms with Crippen LogP contribution in [0.25, 0.3) is 12.2 Å². The number of hydrogen-bond acceptors (Lipinski definition) is 1. The van der Waals surface area contributed by atoms with Gasteiger partial charge in [0.05, 0.1) is 11.0 Å². The first-order chi connectivity index (χ1) is 7.20. The molecule has 1 heterocycles. The number of nitrogens with one attached hydrogen (secondary N) is 1. The maximum absolute atomic E-state index is 4.32. The van der Waals surface area contributed by atoms with Gasteiger partial charge >= 0.3 is 0 Å². The van der Waals surface area contributed by atoms with Gasteiger partial charge in [0.1, 0.15) is 0 Å². The van der Waals surface area contributed by atoms with E-state index in [1.165, 1.54) is 0 Å². The lowest BCUT2D eigenvalue weighted by molar-refractivity contribution is 0.805. The average molecular weight is 202 g/mol. The number of aromatic amines is 1. The third-order valence-corrected chi connectivity index (χ3v) is 2.15. The highest BCUT2D eigenvalue weighted by Gasteiger charge is 2.04. The van der Waals surface area contributed by atoms with E-state index in [1.54, 1.807) is 6.08 Å². The van der Waals surface area contributed by atoms with Crippen LogP contribution in [0.1, 0.15) is 32.4 Å². The highest BCUT2D eigenvalue weighted by Crippen LogP contribution is 2.03. The summed E-state index contributed by atoms with van der Waals surface area (Å²) in [6, 6.07) is 0. The van der Waals surface area contributed by atoms with Gasteiger partial charge < -0.3 is 0 Å². The third kappa shape index (κ3) is 2.69. The largest absolute Gasteiger partial charge is 0.278 e. The molecule has 0 aliphatic rings. The average Bonchev–Trinajstić information content (AvgIpc) is 2.59. The van der Waals surface area contributed by atoms with Crippen molar-refractivity contribution in [3.05, 3.63) is 41.1 Å². The van der Waals surface area contributed by atoms with Crippen LogP contribution < -0.4 is 10.6 Å². The van der Waals surface area contributed by atoms with Gasteiger partial charge in [0.15, 0.2) is 0 Å². The Hall–Kier alpha value is -1.57. The molecule has 0 amide bonds. The molecule has 15 heavy (non-hydrogen) atoms. The number of allylic oxidation sites excluding steroid dienone is 3. The molecule has 0 fully saturated rings. The molecular formula is C13H18N2. The molecule has 0 radical (unpaired) electrons. The van der Waals surface area contributed by atoms with Gasteiger partial charge in [0, 0.05) is 5.22 Å². The molecule has 0 saturated heterocycles. The van der Waals surface area contributed by atoms with Crippen LogP contribution in [-0.4, -0.2) is 10.2 Å². The maximum atomic E-state index is 4.32. The van der Waals surface area contributed by atoms with Gasteiger partial charge in [-0.25, -0.2) is 0 Å². The fourth-order valence-electron chi connectivity index (χ4n) is 1.43. The number of nitrogens with zero attached hydrogens (tertiary/aromatic N) is 1. The Morgan fingerprint density at radius 1 is 1.33 bits per heavy atom. The summed E-state index contributed by atoms with van der Waals surface area (Å²) in [5.41, 5.74) is 1.10. The van der Waals surface area contributed by atoms with E-state index in [0.717, 1.165) is 16.3 Å². The summed E-state index contributed by atoms with van der Waals surface area (Å²) in [6.45, 7) is 9.98. The van der Waals surface area contributed by atoms with Crippen LogP contribution in [0.3, 0.4) is 0 Å². The van der Waals surface area contributed by atoms with Gasteiger partial charge in [-0.15, -0.1) is 0 Å². The first kappa shape index (κ1) is 11.5. The SMILES string of the molecule is C=C/C=c1/[nH]nc(C(C)C)/c1=C/C=C\C. The number of aromatic nitrogens is 2. The van der Waals surface area contributed by atoms with E-state index in [-0.39, 0.29) is 0 Å². The quantitative estimate of drug-likeness (QED) is 0.796. The minimum atomic E-state index is 0.421. The minimum absolute atomic E-state index is 0.421. The standard InChI is InChI=1S/C13H18N2/c1-5-7-9-11-12(8-6-2)14-15-13(11)10(3)4/h5-10,14H,2H2,1,3-4H3/b7-5-,11-9+,12-8+. The lowest BCUT2D eigenvalue weighted by Gasteiger charge is -1.96. The number of H-pyrrole nitrogens is 1. The van der Waals surface area contributed by atoms with Gasteiger partial charge in [-0.05, 0) is 18.9 Å². The van der Waals surface area contributed by atoms with E-state index in [9.17, 15) is 0 Å². The van der Waals surface area contributed by atoms with Crippen LogP contribution in [0.2, 0.25) is 0 Å². The Labute approximate surface area is 90.7 Å². The molecule has 0 bridgehead atoms. The van der Waals surface area contributed by atoms with Crippen molar-refractivity contribution in [2.24, 2.45) is 0 Å². The highest BCUT2D eigenvalue weighted by molar-refractivity contribution is 5.42. The van der Waals surface area contributed by atoms with Gasteiger partial charge in [-0.1, -0.05) is 44.7 Å². The van der Waals surface area contributed by atoms with Gasteiger partial charge in [0.25, 0.3) is 0 Å². The van der Waals surface area contributed by atoms with E-state index >= 15 is 0 Å². The maximum Gasteiger partial charge on any atom is 0.0726 e. The van der Waals surface area contributed by atoms with Crippen LogP contribution in [0.4, 0.5) is 0 Å². The predicted molar refractivity (Wildman–Crippen MR) is 65.9 cm³/mol. The van der Waals surface area contributed by atoms with Crippen molar-refractivity contribution >= 4 is 12.2 Å². The van der Waals surface area contributed by atoms with Crippen molar-refractivity contribution < 1.29 is 0 Å². The second-order valence-electron chi connectivity index (χ2n) is 3.69. The summed E-state index contributed by atoms with van der Waals surface area (Å²) < 4.78 is 0. The zero-order valence-corrected chi connectivity index (χ0v) is 9.62. The molecule has 2 heteroatoms. The summed E-state index contributed by atoms with van der Waals surface area (Å²) in [4.78, 5) is 0. The Bertz CT molecular complexity index is 461. The van der Waals surface area contributed by atoms with Crippen LogP contribution in [-0.2, 0) is 0 Å². The fraction of sp³-hybridized carbons (Fsp3) is 0.308. The zero-order chi connectivity index (χ0) is 11.3. The van der Waals surface area contributed by atoms with Gasteiger partial charge in [-0.3, -0.25) is 5.10 Å². The summed E-state index contributed by atoms with van der Waals surface area (Å²) in [7, 11) is 0. The molecule has 1 aromatic heterocycles. The first-order valence-corrected chi connectivity index (χ1v) is 5.20. The number of rotatable bonds is 3. The lowest BCUT2D eigenvalue weighted by atomic mass is 10.1. The van der Waals surface area contributed by atoms with Gasteiger partial charge in [0.2, 0.25) is 0 Å². The van der Waals surface area contributed by atoms with Crippen molar-refractivity contribution in [2.45, 2.75) is 26.7 Å². The Morgan fingerprint density at radius 2 is 2.07 bits per heavy atom. The summed E-state index contributed by atoms with van der Waals surface area (Å²) in [6.07, 6.45) is 9.82. The normalized spacial score (nSPS) is 14.4. The van der Waals surface area contributed by atoms with Crippen LogP contribution in [0.15, 0.2) is 24.8 Å². The molecule has 2 nitrogen and oxygen atoms in total. The molecule has 80 valence electrons. The van der Waals surface area contributed by atoms with Crippen LogP contribution >= 0.6 is 0 Å². The molecule has 1 rings (SSSR count). The molecule has 0 aromatic carbocycles. The summed E-state index contributed by atoms with van der Waals surface area (Å²) in [5, 5.41) is 9.52. The molecule has 0 unspecified atom stereocenters. The molecule has 1 N–H and O–H groups in total. The molecule has 0 saturated carbocycles. The van der Waals surface area contributed by atoms with E-state index in [4.69, 9.17) is 0 Å². The van der Waals surface area contributed by atoms with E-state index < -0.39 is 0 Å². The summed E-state index contributed by atoms with van der Waals surface area (Å²) in [5.74, 6) is 0.421. The second-order valence-corrected chi connectivity index (χ2v) is 3.69. The zero-order valence-electron chi connectivity index (χ0n) is 9.62. The minimum Gasteiger partial charge on any atom is -0.278 e. The Balaban J connectivity index is 3.46. The topological polar surface area (TPSA) is 28.7 Å². The predicted octanol–water partition coefficient (Wildman–Crippen LogP) is 1.86. The number of hydrogen-bond donors (Lipinski definition) is 1. The molecular weight excluding hydrogens is 184 g/mol. The highest BCUT2D eigenvalue weighted by atomic mass is 15.1. The van der Waals surface area contributed by atoms with Crippen molar-refractivity contribution in [1.82, 2.24) is 10.2 Å². The monoisotopic (exact) mass is 202 g/mol. The first-order valence-electron chi connectivity index (χ1n) is 5.20. The smallest absolute Gasteiger partial charge is 0.0726 e. The van der Waals surface area contributed by atoms with Gasteiger partial charge in [-0.2, -0.15) is 5.10 Å². The van der Waals surface area contributed by atoms with Crippen LogP contribution in [0.5, 0.6) is 0 Å². The van der Waals surface area contributed by atoms with Crippen molar-refractivity contribution in [2.75, 3.05) is 0 Å². The lowest BCUT2D eigenvalue weighted by Crippen LogP contribution is -2.25. The second kappa shape index (κ2) is 5.35. The Kier molecular flexibility index (Phi) is 4.10. The van der Waals surface area contributed by atoms with E-state index in [0.29, 0.717) is 5.92 Å². The van der Waals surface area contributed by atoms with E-state index in [1.807, 2.05) is 25.2 Å². The molecule has 0 spiro atoms. The molecule has 0 aliphatic heterocycles. The van der Waals surface area contributed by atoms with Crippen LogP contribution in [0, 0.1) is 0 Å². The van der Waals surface area contributed by atoms with E-state index in [2.05, 4.69) is 36.7 Å². The third-order valence-electron chi connectivity index (χ3n) is 2.15. The van der Waals surface area contributed by atoms with Crippen molar-refractivity contribution in [3.63, 3.8) is 0 Å². The molecule has 1 aromatic rings. The Morgan fingerprint density at radius 3 is 2.60 bits per heavy atom. The molecule has 0 atom stereocenters. The summed E-state index contributed by atoms with van der Waals surface area (Å²) >= 11 is 0.